The van der Waals surface area contributed by atoms with Crippen molar-refractivity contribution in [1.29, 1.82) is 0 Å². The third-order valence-electron chi connectivity index (χ3n) is 7.26. The summed E-state index contributed by atoms with van der Waals surface area (Å²) in [6.45, 7) is 0.723. The van der Waals surface area contributed by atoms with E-state index >= 15 is 0 Å². The van der Waals surface area contributed by atoms with Crippen molar-refractivity contribution in [3.05, 3.63) is 65.2 Å². The van der Waals surface area contributed by atoms with Gasteiger partial charge >= 0.3 is 12.4 Å². The summed E-state index contributed by atoms with van der Waals surface area (Å²) in [5.74, 6) is -0.518. The Morgan fingerprint density at radius 1 is 0.868 bits per heavy atom. The number of benzene rings is 2. The molecule has 0 bridgehead atoms. The number of halogens is 6. The highest BCUT2D eigenvalue weighted by atomic mass is 19.4. The van der Waals surface area contributed by atoms with Crippen LogP contribution in [0.5, 0.6) is 0 Å². The summed E-state index contributed by atoms with van der Waals surface area (Å²) >= 11 is 0. The summed E-state index contributed by atoms with van der Waals surface area (Å²) < 4.78 is 78.3. The van der Waals surface area contributed by atoms with E-state index in [4.69, 9.17) is 0 Å². The van der Waals surface area contributed by atoms with Crippen molar-refractivity contribution in [1.82, 2.24) is 10.6 Å². The lowest BCUT2D eigenvalue weighted by Crippen LogP contribution is -2.46. The van der Waals surface area contributed by atoms with Crippen molar-refractivity contribution < 1.29 is 35.9 Å². The average Bonchev–Trinajstić information content (AvgIpc) is 3.35. The molecule has 38 heavy (non-hydrogen) atoms. The van der Waals surface area contributed by atoms with Crippen LogP contribution in [0.1, 0.15) is 61.1 Å². The molecule has 1 heterocycles. The molecule has 2 atom stereocenters. The molecule has 0 spiro atoms. The van der Waals surface area contributed by atoms with Gasteiger partial charge in [0.2, 0.25) is 11.8 Å². The number of nitrogens with one attached hydrogen (secondary N) is 3. The molecule has 1 aliphatic heterocycles. The van der Waals surface area contributed by atoms with Gasteiger partial charge in [0, 0.05) is 24.7 Å². The Kier molecular flexibility index (Phi) is 8.34. The molecule has 11 heteroatoms. The van der Waals surface area contributed by atoms with Gasteiger partial charge in [0.05, 0.1) is 17.2 Å². The van der Waals surface area contributed by atoms with Crippen LogP contribution in [0.25, 0.3) is 0 Å². The molecule has 0 unspecified atom stereocenters. The zero-order valence-electron chi connectivity index (χ0n) is 20.5. The quantitative estimate of drug-likeness (QED) is 0.401. The smallest absolute Gasteiger partial charge is 0.352 e. The first-order valence-electron chi connectivity index (χ1n) is 12.6. The molecule has 2 aromatic rings. The lowest BCUT2D eigenvalue weighted by molar-refractivity contribution is -0.143. The minimum atomic E-state index is -4.99. The predicted molar refractivity (Wildman–Crippen MR) is 129 cm³/mol. The Morgan fingerprint density at radius 2 is 1.47 bits per heavy atom. The number of rotatable bonds is 6. The molecule has 2 aliphatic rings. The Morgan fingerprint density at radius 3 is 2.05 bits per heavy atom. The maximum atomic E-state index is 13.1. The monoisotopic (exact) mass is 541 g/mol. The molecule has 2 amide bonds. The van der Waals surface area contributed by atoms with E-state index in [1.165, 1.54) is 5.56 Å². The molecule has 0 radical (unpaired) electrons. The fraction of sp³-hybridized carbons (Fsp3) is 0.481. The molecule has 1 saturated carbocycles. The van der Waals surface area contributed by atoms with Gasteiger partial charge in [-0.25, -0.2) is 0 Å². The molecular formula is C27H29F6N3O2. The van der Waals surface area contributed by atoms with Crippen molar-refractivity contribution in [2.45, 2.75) is 68.9 Å². The van der Waals surface area contributed by atoms with Crippen LogP contribution in [-0.2, 0) is 21.9 Å². The summed E-state index contributed by atoms with van der Waals surface area (Å²) in [5.41, 5.74) is -2.32. The van der Waals surface area contributed by atoms with Crippen molar-refractivity contribution >= 4 is 17.5 Å². The molecule has 3 N–H and O–H groups in total. The van der Waals surface area contributed by atoms with Crippen LogP contribution in [0.4, 0.5) is 32.0 Å². The average molecular weight is 542 g/mol. The molecule has 1 saturated heterocycles. The second-order valence-corrected chi connectivity index (χ2v) is 10.1. The van der Waals surface area contributed by atoms with Crippen LogP contribution in [0.3, 0.4) is 0 Å². The third-order valence-corrected chi connectivity index (χ3v) is 7.26. The first kappa shape index (κ1) is 27.9. The topological polar surface area (TPSA) is 70.2 Å². The van der Waals surface area contributed by atoms with Crippen molar-refractivity contribution in [2.24, 2.45) is 5.92 Å². The molecule has 2 aromatic carbocycles. The summed E-state index contributed by atoms with van der Waals surface area (Å²) in [5, 5.41) is 8.54. The number of amides is 2. The van der Waals surface area contributed by atoms with Gasteiger partial charge in [-0.05, 0) is 67.7 Å². The second-order valence-electron chi connectivity index (χ2n) is 10.1. The zero-order valence-corrected chi connectivity index (χ0v) is 20.5. The lowest BCUT2D eigenvalue weighted by Gasteiger charge is -2.29. The lowest BCUT2D eigenvalue weighted by atomic mass is 9.83. The molecule has 5 nitrogen and oxygen atoms in total. The van der Waals surface area contributed by atoms with E-state index in [1.807, 2.05) is 30.3 Å². The van der Waals surface area contributed by atoms with Gasteiger partial charge in [-0.3, -0.25) is 9.59 Å². The van der Waals surface area contributed by atoms with Gasteiger partial charge in [-0.1, -0.05) is 30.3 Å². The summed E-state index contributed by atoms with van der Waals surface area (Å²) in [7, 11) is 0. The Balaban J connectivity index is 1.25. The Labute approximate surface area is 216 Å². The first-order chi connectivity index (χ1) is 17.9. The van der Waals surface area contributed by atoms with Crippen LogP contribution in [0, 0.1) is 5.92 Å². The van der Waals surface area contributed by atoms with Crippen molar-refractivity contribution in [2.75, 3.05) is 11.9 Å². The van der Waals surface area contributed by atoms with Gasteiger partial charge in [0.15, 0.2) is 0 Å². The Bertz CT molecular complexity index is 1100. The molecular weight excluding hydrogens is 512 g/mol. The van der Waals surface area contributed by atoms with Crippen LogP contribution in [0.2, 0.25) is 0 Å². The van der Waals surface area contributed by atoms with Crippen LogP contribution in [-0.4, -0.2) is 30.4 Å². The number of anilines is 1. The van der Waals surface area contributed by atoms with Gasteiger partial charge in [0.25, 0.3) is 0 Å². The zero-order chi connectivity index (χ0) is 27.5. The van der Waals surface area contributed by atoms with Crippen LogP contribution < -0.4 is 16.0 Å². The standard InChI is InChI=1S/C27H29F6N3O2/c28-26(29,30)19-12-20(27(31,32)33)14-22(13-19)35-24(37)10-16-6-8-21(9-7-16)36-25(38)23-11-18(15-34-23)17-4-2-1-3-5-17/h1-5,12-14,16,18,21,23,34H,6-11,15H2,(H,35,37)(H,36,38)/t16?,18-,21?,23-/m0/s1. The first-order valence-corrected chi connectivity index (χ1v) is 12.6. The van der Waals surface area contributed by atoms with E-state index < -0.39 is 35.1 Å². The normalized spacial score (nSPS) is 24.2. The maximum absolute atomic E-state index is 13.1. The number of carbonyl (C=O) groups excluding carboxylic acids is 2. The SMILES string of the molecule is O=C(CC1CCC(NC(=O)[C@@H]2C[C@H](c3ccccc3)CN2)CC1)Nc1cc(C(F)(F)F)cc(C(F)(F)F)c1. The van der Waals surface area contributed by atoms with E-state index in [2.05, 4.69) is 16.0 Å². The minimum absolute atomic E-state index is 0.0220. The van der Waals surface area contributed by atoms with Gasteiger partial charge in [-0.15, -0.1) is 0 Å². The molecule has 2 fully saturated rings. The van der Waals surface area contributed by atoms with Gasteiger partial charge < -0.3 is 16.0 Å². The van der Waals surface area contributed by atoms with Gasteiger partial charge in [0.1, 0.15) is 0 Å². The molecule has 206 valence electrons. The van der Waals surface area contributed by atoms with Crippen LogP contribution in [0.15, 0.2) is 48.5 Å². The highest BCUT2D eigenvalue weighted by molar-refractivity contribution is 5.91. The minimum Gasteiger partial charge on any atom is -0.352 e. The molecule has 0 aromatic heterocycles. The highest BCUT2D eigenvalue weighted by Crippen LogP contribution is 2.38. The number of hydrogen-bond donors (Lipinski definition) is 3. The van der Waals surface area contributed by atoms with E-state index in [1.54, 1.807) is 0 Å². The molecule has 4 rings (SSSR count). The van der Waals surface area contributed by atoms with Crippen molar-refractivity contribution in [3.8, 4) is 0 Å². The summed E-state index contributed by atoms with van der Waals surface area (Å²) in [6, 6.07) is 10.7. The highest BCUT2D eigenvalue weighted by Gasteiger charge is 2.37. The Hall–Kier alpha value is -3.08. The third kappa shape index (κ3) is 7.27. The van der Waals surface area contributed by atoms with Gasteiger partial charge in [-0.2, -0.15) is 26.3 Å². The summed E-state index contributed by atoms with van der Waals surface area (Å²) in [6.07, 6.45) is -6.79. The number of alkyl halides is 6. The fourth-order valence-corrected chi connectivity index (χ4v) is 5.23. The van der Waals surface area contributed by atoms with Crippen molar-refractivity contribution in [3.63, 3.8) is 0 Å². The van der Waals surface area contributed by atoms with E-state index in [0.29, 0.717) is 44.2 Å². The van der Waals surface area contributed by atoms with E-state index in [0.717, 1.165) is 6.54 Å². The maximum Gasteiger partial charge on any atom is 0.416 e. The fourth-order valence-electron chi connectivity index (χ4n) is 5.23. The van der Waals surface area contributed by atoms with E-state index in [-0.39, 0.29) is 42.3 Å². The van der Waals surface area contributed by atoms with Crippen LogP contribution >= 0.6 is 0 Å². The summed E-state index contributed by atoms with van der Waals surface area (Å²) in [4.78, 5) is 25.2. The largest absolute Gasteiger partial charge is 0.416 e. The number of carbonyl (C=O) groups is 2. The van der Waals surface area contributed by atoms with E-state index in [9.17, 15) is 35.9 Å². The second kappa shape index (κ2) is 11.3. The predicted octanol–water partition coefficient (Wildman–Crippen LogP) is 5.87. The number of hydrogen-bond acceptors (Lipinski definition) is 3. The molecule has 1 aliphatic carbocycles.